The highest BCUT2D eigenvalue weighted by atomic mass is 32.2. The van der Waals surface area contributed by atoms with E-state index in [-0.39, 0.29) is 4.90 Å². The molecular weight excluding hydrogens is 372 g/mol. The third-order valence-corrected chi connectivity index (χ3v) is 5.78. The molecule has 0 fully saturated rings. The van der Waals surface area contributed by atoms with Gasteiger partial charge in [-0.05, 0) is 55.0 Å². The number of aromatic nitrogens is 2. The molecule has 0 saturated heterocycles. The Bertz CT molecular complexity index is 1320. The monoisotopic (exact) mass is 388 g/mol. The molecule has 2 heterocycles. The van der Waals surface area contributed by atoms with Gasteiger partial charge in [-0.15, -0.1) is 0 Å². The minimum atomic E-state index is -3.75. The number of rotatable bonds is 4. The Morgan fingerprint density at radius 2 is 1.86 bits per heavy atom. The van der Waals surface area contributed by atoms with Gasteiger partial charge in [0.25, 0.3) is 10.0 Å². The first kappa shape index (κ1) is 17.8. The fourth-order valence-corrected chi connectivity index (χ4v) is 4.01. The minimum absolute atomic E-state index is 0.0975. The molecule has 0 aliphatic rings. The number of pyridine rings is 1. The molecule has 7 heteroatoms. The van der Waals surface area contributed by atoms with E-state index >= 15 is 0 Å². The third-order valence-electron chi connectivity index (χ3n) is 4.38. The van der Waals surface area contributed by atoms with Crippen molar-refractivity contribution < 1.29 is 8.42 Å². The molecular formula is C21H16N4O2S. The Morgan fingerprint density at radius 1 is 1.07 bits per heavy atom. The zero-order valence-corrected chi connectivity index (χ0v) is 15.8. The van der Waals surface area contributed by atoms with E-state index in [1.54, 1.807) is 18.2 Å². The number of nitrogens with one attached hydrogen (secondary N) is 1. The SMILES string of the molecule is Cc1cccn2cc(-c3cccc(NS(=O)(=O)c4ccc(C#N)cc4)c3)nc12. The molecule has 4 rings (SSSR count). The van der Waals surface area contributed by atoms with Gasteiger partial charge in [0.1, 0.15) is 5.65 Å². The van der Waals surface area contributed by atoms with Gasteiger partial charge in [0.2, 0.25) is 0 Å². The van der Waals surface area contributed by atoms with Crippen molar-refractivity contribution in [3.8, 4) is 17.3 Å². The molecule has 138 valence electrons. The van der Waals surface area contributed by atoms with Crippen LogP contribution in [0.2, 0.25) is 0 Å². The third kappa shape index (κ3) is 3.33. The van der Waals surface area contributed by atoms with Gasteiger partial charge in [-0.3, -0.25) is 4.72 Å². The van der Waals surface area contributed by atoms with Crippen LogP contribution in [0, 0.1) is 18.3 Å². The van der Waals surface area contributed by atoms with E-state index in [0.717, 1.165) is 22.5 Å². The van der Waals surface area contributed by atoms with E-state index in [4.69, 9.17) is 5.26 Å². The predicted octanol–water partition coefficient (Wildman–Crippen LogP) is 3.98. The summed E-state index contributed by atoms with van der Waals surface area (Å²) in [6.07, 6.45) is 3.84. The van der Waals surface area contributed by atoms with Crippen LogP contribution >= 0.6 is 0 Å². The number of hydrogen-bond acceptors (Lipinski definition) is 4. The van der Waals surface area contributed by atoms with Crippen LogP contribution in [0.1, 0.15) is 11.1 Å². The smallest absolute Gasteiger partial charge is 0.261 e. The first-order valence-corrected chi connectivity index (χ1v) is 10.0. The number of imidazole rings is 1. The molecule has 0 spiro atoms. The summed E-state index contributed by atoms with van der Waals surface area (Å²) >= 11 is 0. The summed E-state index contributed by atoms with van der Waals surface area (Å²) in [7, 11) is -3.75. The fourth-order valence-electron chi connectivity index (χ4n) is 2.96. The molecule has 0 atom stereocenters. The van der Waals surface area contributed by atoms with E-state index in [0.29, 0.717) is 11.3 Å². The summed E-state index contributed by atoms with van der Waals surface area (Å²) in [5, 5.41) is 8.85. The Labute approximate surface area is 162 Å². The lowest BCUT2D eigenvalue weighted by Crippen LogP contribution is -2.12. The number of benzene rings is 2. The molecule has 0 bridgehead atoms. The van der Waals surface area contributed by atoms with Crippen LogP contribution in [0.15, 0.2) is 78.0 Å². The Morgan fingerprint density at radius 3 is 2.57 bits per heavy atom. The van der Waals surface area contributed by atoms with Crippen molar-refractivity contribution in [2.75, 3.05) is 4.72 Å². The van der Waals surface area contributed by atoms with Crippen molar-refractivity contribution in [1.82, 2.24) is 9.38 Å². The van der Waals surface area contributed by atoms with Gasteiger partial charge in [0.05, 0.1) is 22.2 Å². The van der Waals surface area contributed by atoms with Crippen LogP contribution in [0.25, 0.3) is 16.9 Å². The van der Waals surface area contributed by atoms with E-state index in [1.165, 1.54) is 24.3 Å². The average Bonchev–Trinajstić information content (AvgIpc) is 3.14. The van der Waals surface area contributed by atoms with Gasteiger partial charge in [-0.1, -0.05) is 18.2 Å². The number of hydrogen-bond donors (Lipinski definition) is 1. The molecule has 0 amide bonds. The van der Waals surface area contributed by atoms with Gasteiger partial charge in [-0.2, -0.15) is 5.26 Å². The Kier molecular flexibility index (Phi) is 4.34. The van der Waals surface area contributed by atoms with Crippen molar-refractivity contribution in [3.05, 3.63) is 84.2 Å². The maximum Gasteiger partial charge on any atom is 0.261 e. The Balaban J connectivity index is 1.66. The minimum Gasteiger partial charge on any atom is -0.306 e. The highest BCUT2D eigenvalue weighted by molar-refractivity contribution is 7.92. The molecule has 1 N–H and O–H groups in total. The van der Waals surface area contributed by atoms with Gasteiger partial charge in [0.15, 0.2) is 0 Å². The van der Waals surface area contributed by atoms with E-state index < -0.39 is 10.0 Å². The van der Waals surface area contributed by atoms with Gasteiger partial charge >= 0.3 is 0 Å². The van der Waals surface area contributed by atoms with E-state index in [2.05, 4.69) is 9.71 Å². The second-order valence-electron chi connectivity index (χ2n) is 6.37. The molecule has 0 aliphatic heterocycles. The van der Waals surface area contributed by atoms with Crippen LogP contribution < -0.4 is 4.72 Å². The maximum atomic E-state index is 12.6. The van der Waals surface area contributed by atoms with Gasteiger partial charge in [0, 0.05) is 23.6 Å². The van der Waals surface area contributed by atoms with Crippen molar-refractivity contribution in [2.24, 2.45) is 0 Å². The lowest BCUT2D eigenvalue weighted by atomic mass is 10.1. The lowest BCUT2D eigenvalue weighted by molar-refractivity contribution is 0.601. The highest BCUT2D eigenvalue weighted by Crippen LogP contribution is 2.25. The molecule has 0 radical (unpaired) electrons. The quantitative estimate of drug-likeness (QED) is 0.573. The van der Waals surface area contributed by atoms with Crippen LogP contribution in [0.4, 0.5) is 5.69 Å². The summed E-state index contributed by atoms with van der Waals surface area (Å²) in [5.41, 5.74) is 4.34. The first-order chi connectivity index (χ1) is 13.5. The van der Waals surface area contributed by atoms with Gasteiger partial charge in [-0.25, -0.2) is 13.4 Å². The number of nitrogens with zero attached hydrogens (tertiary/aromatic N) is 3. The second-order valence-corrected chi connectivity index (χ2v) is 8.05. The maximum absolute atomic E-state index is 12.6. The number of aryl methyl sites for hydroxylation is 1. The highest BCUT2D eigenvalue weighted by Gasteiger charge is 2.15. The van der Waals surface area contributed by atoms with Crippen LogP contribution in [-0.2, 0) is 10.0 Å². The summed E-state index contributed by atoms with van der Waals surface area (Å²) < 4.78 is 29.8. The Hall–Kier alpha value is -3.63. The molecule has 0 saturated carbocycles. The van der Waals surface area contributed by atoms with Crippen LogP contribution in [0.3, 0.4) is 0 Å². The predicted molar refractivity (Wildman–Crippen MR) is 107 cm³/mol. The van der Waals surface area contributed by atoms with Crippen molar-refractivity contribution in [2.45, 2.75) is 11.8 Å². The standard InChI is InChI=1S/C21H16N4O2S/c1-15-4-3-11-25-14-20(23-21(15)25)17-5-2-6-18(12-17)24-28(26,27)19-9-7-16(13-22)8-10-19/h2-12,14,24H,1H3. The normalized spacial score (nSPS) is 11.3. The van der Waals surface area contributed by atoms with Crippen LogP contribution in [-0.4, -0.2) is 17.8 Å². The number of nitriles is 1. The molecule has 2 aromatic heterocycles. The summed E-state index contributed by atoms with van der Waals surface area (Å²) in [6, 6.07) is 18.8. The zero-order valence-electron chi connectivity index (χ0n) is 15.0. The van der Waals surface area contributed by atoms with Gasteiger partial charge < -0.3 is 4.40 Å². The lowest BCUT2D eigenvalue weighted by Gasteiger charge is -2.09. The zero-order chi connectivity index (χ0) is 19.7. The topological polar surface area (TPSA) is 87.3 Å². The number of sulfonamides is 1. The summed E-state index contributed by atoms with van der Waals surface area (Å²) in [4.78, 5) is 4.75. The first-order valence-electron chi connectivity index (χ1n) is 8.54. The molecule has 0 unspecified atom stereocenters. The molecule has 2 aromatic carbocycles. The van der Waals surface area contributed by atoms with E-state index in [9.17, 15) is 8.42 Å². The van der Waals surface area contributed by atoms with E-state index in [1.807, 2.05) is 48.0 Å². The summed E-state index contributed by atoms with van der Waals surface area (Å²) in [6.45, 7) is 1.99. The largest absolute Gasteiger partial charge is 0.306 e. The number of fused-ring (bicyclic) bond motifs is 1. The second kappa shape index (κ2) is 6.83. The number of anilines is 1. The summed E-state index contributed by atoms with van der Waals surface area (Å²) in [5.74, 6) is 0. The average molecular weight is 388 g/mol. The fraction of sp³-hybridized carbons (Fsp3) is 0.0476. The molecule has 6 nitrogen and oxygen atoms in total. The van der Waals surface area contributed by atoms with Crippen molar-refractivity contribution in [3.63, 3.8) is 0 Å². The van der Waals surface area contributed by atoms with Crippen molar-refractivity contribution >= 4 is 21.4 Å². The van der Waals surface area contributed by atoms with Crippen LogP contribution in [0.5, 0.6) is 0 Å². The molecule has 4 aromatic rings. The molecule has 28 heavy (non-hydrogen) atoms. The van der Waals surface area contributed by atoms with Crippen molar-refractivity contribution in [1.29, 1.82) is 5.26 Å². The molecule has 0 aliphatic carbocycles.